The Bertz CT molecular complexity index is 1360. The number of esters is 1. The maximum Gasteiger partial charge on any atom is 0.340 e. The van der Waals surface area contributed by atoms with Gasteiger partial charge in [-0.2, -0.15) is 0 Å². The molecule has 0 amide bonds. The van der Waals surface area contributed by atoms with E-state index in [0.717, 1.165) is 16.5 Å². The van der Waals surface area contributed by atoms with E-state index in [9.17, 15) is 9.59 Å². The Balaban J connectivity index is 1.83. The predicted molar refractivity (Wildman–Crippen MR) is 124 cm³/mol. The first-order valence-electron chi connectivity index (χ1n) is 10.0. The molecule has 0 bridgehead atoms. The van der Waals surface area contributed by atoms with Crippen LogP contribution in [0.15, 0.2) is 58.5 Å². The van der Waals surface area contributed by atoms with E-state index < -0.39 is 5.97 Å². The number of carbonyl (C=O) groups is 1. The molecule has 4 rings (SSSR count). The first kappa shape index (κ1) is 21.1. The molecule has 0 fully saturated rings. The molecule has 2 aromatic heterocycles. The molecule has 0 spiro atoms. The largest absolute Gasteiger partial charge is 0.465 e. The zero-order chi connectivity index (χ0) is 22.1. The molecule has 0 aliphatic rings. The van der Waals surface area contributed by atoms with E-state index in [1.165, 1.54) is 18.9 Å². The van der Waals surface area contributed by atoms with Gasteiger partial charge in [0.25, 0.3) is 5.56 Å². The quantitative estimate of drug-likeness (QED) is 0.253. The second-order valence-corrected chi connectivity index (χ2v) is 8.48. The molecule has 7 heteroatoms. The molecule has 6 nitrogen and oxygen atoms in total. The van der Waals surface area contributed by atoms with Gasteiger partial charge in [-0.3, -0.25) is 14.3 Å². The fourth-order valence-corrected chi connectivity index (χ4v) is 4.80. The van der Waals surface area contributed by atoms with E-state index in [0.29, 0.717) is 33.1 Å². The summed E-state index contributed by atoms with van der Waals surface area (Å²) in [7, 11) is 1.37. The van der Waals surface area contributed by atoms with Crippen LogP contribution in [0.3, 0.4) is 0 Å². The fourth-order valence-electron chi connectivity index (χ4n) is 3.73. The van der Waals surface area contributed by atoms with Crippen LogP contribution in [0.25, 0.3) is 21.8 Å². The minimum absolute atomic E-state index is 0.0570. The predicted octanol–water partition coefficient (Wildman–Crippen LogP) is 4.91. The average molecular weight is 434 g/mol. The van der Waals surface area contributed by atoms with Crippen LogP contribution in [-0.4, -0.2) is 27.6 Å². The molecule has 0 aliphatic heterocycles. The molecular weight excluding hydrogens is 410 g/mol. The van der Waals surface area contributed by atoms with Crippen molar-refractivity contribution in [3.8, 4) is 0 Å². The van der Waals surface area contributed by atoms with E-state index in [2.05, 4.69) is 0 Å². The number of hydrogen-bond acceptors (Lipinski definition) is 6. The lowest BCUT2D eigenvalue weighted by molar-refractivity contribution is 0.0598. The summed E-state index contributed by atoms with van der Waals surface area (Å²) in [4.78, 5) is 35.1. The van der Waals surface area contributed by atoms with E-state index >= 15 is 0 Å². The van der Waals surface area contributed by atoms with Crippen molar-refractivity contribution < 1.29 is 9.53 Å². The third kappa shape index (κ3) is 3.81. The van der Waals surface area contributed by atoms with Crippen LogP contribution >= 0.6 is 11.8 Å². The molecule has 0 saturated heterocycles. The Kier molecular flexibility index (Phi) is 5.78. The summed E-state index contributed by atoms with van der Waals surface area (Å²) in [6.07, 6.45) is 0. The third-order valence-corrected chi connectivity index (χ3v) is 6.21. The van der Waals surface area contributed by atoms with Crippen LogP contribution < -0.4 is 5.56 Å². The highest BCUT2D eigenvalue weighted by Crippen LogP contribution is 2.29. The molecule has 0 aliphatic carbocycles. The summed E-state index contributed by atoms with van der Waals surface area (Å²) >= 11 is 1.40. The number of carbonyl (C=O) groups excluding carboxylic acids is 1. The zero-order valence-corrected chi connectivity index (χ0v) is 18.7. The van der Waals surface area contributed by atoms with Gasteiger partial charge in [-0.25, -0.2) is 9.78 Å². The summed E-state index contributed by atoms with van der Waals surface area (Å²) in [5.41, 5.74) is 3.32. The number of thioether (sulfide) groups is 1. The average Bonchev–Trinajstić information content (AvgIpc) is 2.77. The van der Waals surface area contributed by atoms with Crippen molar-refractivity contribution in [1.82, 2.24) is 14.5 Å². The highest BCUT2D eigenvalue weighted by Gasteiger charge is 2.21. The number of aromatic nitrogens is 3. The molecule has 0 N–H and O–H groups in total. The third-order valence-electron chi connectivity index (χ3n) is 5.25. The van der Waals surface area contributed by atoms with Gasteiger partial charge >= 0.3 is 5.97 Å². The smallest absolute Gasteiger partial charge is 0.340 e. The van der Waals surface area contributed by atoms with Gasteiger partial charge in [0.2, 0.25) is 0 Å². The Morgan fingerprint density at radius 3 is 2.29 bits per heavy atom. The van der Waals surface area contributed by atoms with Gasteiger partial charge in [0.1, 0.15) is 0 Å². The zero-order valence-electron chi connectivity index (χ0n) is 17.9. The van der Waals surface area contributed by atoms with Gasteiger partial charge in [-0.15, -0.1) is 0 Å². The number of nitrogens with zero attached hydrogens (tertiary/aromatic N) is 3. The van der Waals surface area contributed by atoms with Crippen molar-refractivity contribution in [2.75, 3.05) is 7.11 Å². The number of fused-ring (bicyclic) bond motifs is 2. The summed E-state index contributed by atoms with van der Waals surface area (Å²) in [6, 6.07) is 15.0. The minimum atomic E-state index is -0.418. The first-order chi connectivity index (χ1) is 14.9. The summed E-state index contributed by atoms with van der Waals surface area (Å²) < 4.78 is 6.73. The molecule has 2 aromatic carbocycles. The van der Waals surface area contributed by atoms with Crippen LogP contribution in [0.5, 0.6) is 0 Å². The molecule has 4 aromatic rings. The van der Waals surface area contributed by atoms with Crippen molar-refractivity contribution >= 4 is 39.5 Å². The SMILES string of the molecule is COC(=O)c1c(CSc2nc3ccccc3c(=O)n2C(C)C)nc2ccccc2c1C. The normalized spacial score (nSPS) is 11.4. The molecule has 0 unspecified atom stereocenters. The van der Waals surface area contributed by atoms with Gasteiger partial charge in [0.05, 0.1) is 34.8 Å². The Labute approximate surface area is 184 Å². The van der Waals surface area contributed by atoms with Crippen LogP contribution in [0, 0.1) is 6.92 Å². The monoisotopic (exact) mass is 433 g/mol. The van der Waals surface area contributed by atoms with Gasteiger partial charge in [0.15, 0.2) is 5.16 Å². The maximum atomic E-state index is 13.1. The number of aryl methyl sites for hydroxylation is 1. The number of pyridine rings is 1. The Morgan fingerprint density at radius 1 is 1.03 bits per heavy atom. The summed E-state index contributed by atoms with van der Waals surface area (Å²) in [5.74, 6) is -0.0350. The Morgan fingerprint density at radius 2 is 1.65 bits per heavy atom. The molecular formula is C24H23N3O3S. The lowest BCUT2D eigenvalue weighted by atomic mass is 10.0. The number of hydrogen-bond donors (Lipinski definition) is 0. The van der Waals surface area contributed by atoms with Crippen LogP contribution in [0.2, 0.25) is 0 Å². The van der Waals surface area contributed by atoms with Crippen molar-refractivity contribution in [1.29, 1.82) is 0 Å². The van der Waals surface area contributed by atoms with Crippen LogP contribution in [0.4, 0.5) is 0 Å². The highest BCUT2D eigenvalue weighted by molar-refractivity contribution is 7.98. The molecule has 0 saturated carbocycles. The fraction of sp³-hybridized carbons (Fsp3) is 0.250. The van der Waals surface area contributed by atoms with Gasteiger partial charge in [-0.05, 0) is 44.5 Å². The van der Waals surface area contributed by atoms with Crippen molar-refractivity contribution in [2.24, 2.45) is 0 Å². The van der Waals surface area contributed by atoms with Crippen molar-refractivity contribution in [2.45, 2.75) is 37.7 Å². The number of methoxy groups -OCH3 is 1. The number of ether oxygens (including phenoxy) is 1. The maximum absolute atomic E-state index is 13.1. The van der Waals surface area contributed by atoms with Crippen LogP contribution in [0.1, 0.15) is 41.5 Å². The number of benzene rings is 2. The lowest BCUT2D eigenvalue weighted by Crippen LogP contribution is -2.25. The second kappa shape index (κ2) is 8.51. The standard InChI is InChI=1S/C24H23N3O3S/c1-14(2)27-22(28)17-10-6-8-12-19(17)26-24(27)31-13-20-21(23(29)30-4)15(3)16-9-5-7-11-18(16)25-20/h5-12,14H,13H2,1-4H3. The van der Waals surface area contributed by atoms with Gasteiger partial charge < -0.3 is 4.74 Å². The lowest BCUT2D eigenvalue weighted by Gasteiger charge is -2.17. The highest BCUT2D eigenvalue weighted by atomic mass is 32.2. The van der Waals surface area contributed by atoms with E-state index in [-0.39, 0.29) is 11.6 Å². The van der Waals surface area contributed by atoms with Crippen molar-refractivity contribution in [3.05, 3.63) is 75.7 Å². The minimum Gasteiger partial charge on any atom is -0.465 e. The molecule has 0 radical (unpaired) electrons. The van der Waals surface area contributed by atoms with Gasteiger partial charge in [0, 0.05) is 17.2 Å². The molecule has 31 heavy (non-hydrogen) atoms. The molecule has 0 atom stereocenters. The summed E-state index contributed by atoms with van der Waals surface area (Å²) in [5, 5.41) is 2.11. The topological polar surface area (TPSA) is 74.1 Å². The van der Waals surface area contributed by atoms with E-state index in [4.69, 9.17) is 14.7 Å². The van der Waals surface area contributed by atoms with E-state index in [1.807, 2.05) is 63.2 Å². The Hall–Kier alpha value is -3.19. The van der Waals surface area contributed by atoms with Crippen LogP contribution in [-0.2, 0) is 10.5 Å². The number of para-hydroxylation sites is 2. The van der Waals surface area contributed by atoms with Crippen molar-refractivity contribution in [3.63, 3.8) is 0 Å². The second-order valence-electron chi connectivity index (χ2n) is 7.54. The number of rotatable bonds is 5. The van der Waals surface area contributed by atoms with Gasteiger partial charge in [-0.1, -0.05) is 42.1 Å². The molecule has 2 heterocycles. The molecule has 158 valence electrons. The van der Waals surface area contributed by atoms with E-state index in [1.54, 1.807) is 10.6 Å². The first-order valence-corrected chi connectivity index (χ1v) is 11.0. The summed E-state index contributed by atoms with van der Waals surface area (Å²) in [6.45, 7) is 5.82.